The van der Waals surface area contributed by atoms with Crippen LogP contribution in [0.15, 0.2) is 30.3 Å². The summed E-state index contributed by atoms with van der Waals surface area (Å²) in [5.74, 6) is -0.924. The average molecular weight is 296 g/mol. The van der Waals surface area contributed by atoms with Gasteiger partial charge >= 0.3 is 11.9 Å². The summed E-state index contributed by atoms with van der Waals surface area (Å²) in [6, 6.07) is 9.47. The third-order valence-corrected chi connectivity index (χ3v) is 2.52. The van der Waals surface area contributed by atoms with Crippen LogP contribution in [0, 0.1) is 0 Å². The summed E-state index contributed by atoms with van der Waals surface area (Å²) in [5, 5.41) is 0. The van der Waals surface area contributed by atoms with E-state index in [4.69, 9.17) is 14.2 Å². The smallest absolute Gasteiger partial charge is 0.305 e. The molecule has 0 aliphatic heterocycles. The quantitative estimate of drug-likeness (QED) is 0.540. The molecule has 0 N–H and O–H groups in total. The molecule has 0 heterocycles. The van der Waals surface area contributed by atoms with Crippen LogP contribution in [0.3, 0.4) is 0 Å². The molecule has 0 fully saturated rings. The molecule has 0 spiro atoms. The molecule has 2 unspecified atom stereocenters. The number of esters is 2. The van der Waals surface area contributed by atoms with Crippen molar-refractivity contribution in [3.8, 4) is 0 Å². The van der Waals surface area contributed by atoms with Crippen molar-refractivity contribution in [1.29, 1.82) is 0 Å². The van der Waals surface area contributed by atoms with Crippen LogP contribution in [-0.4, -0.2) is 31.1 Å². The van der Waals surface area contributed by atoms with Gasteiger partial charge in [-0.05, 0) is 12.5 Å². The van der Waals surface area contributed by atoms with Crippen LogP contribution in [0.4, 0.5) is 0 Å². The SMILES string of the molecule is CC(=O)OCOC(C)C(OCc1ccccc1)OC(C)=O. The summed E-state index contributed by atoms with van der Waals surface area (Å²) in [6.07, 6.45) is -1.45. The highest BCUT2D eigenvalue weighted by atomic mass is 16.7. The lowest BCUT2D eigenvalue weighted by atomic mass is 10.2. The maximum Gasteiger partial charge on any atom is 0.305 e. The zero-order chi connectivity index (χ0) is 15.7. The molecule has 1 rings (SSSR count). The maximum atomic E-state index is 11.1. The van der Waals surface area contributed by atoms with Gasteiger partial charge in [0.2, 0.25) is 6.29 Å². The molecule has 0 aromatic heterocycles. The molecule has 116 valence electrons. The largest absolute Gasteiger partial charge is 0.439 e. The van der Waals surface area contributed by atoms with Crippen molar-refractivity contribution in [2.45, 2.75) is 39.8 Å². The Balaban J connectivity index is 2.49. The zero-order valence-electron chi connectivity index (χ0n) is 12.4. The normalized spacial score (nSPS) is 13.3. The summed E-state index contributed by atoms with van der Waals surface area (Å²) >= 11 is 0. The summed E-state index contributed by atoms with van der Waals surface area (Å²) in [6.45, 7) is 4.30. The Kier molecular flexibility index (Phi) is 7.42. The number of rotatable bonds is 8. The third-order valence-electron chi connectivity index (χ3n) is 2.52. The first-order chi connectivity index (χ1) is 9.99. The fourth-order valence-electron chi connectivity index (χ4n) is 1.48. The highest BCUT2D eigenvalue weighted by Gasteiger charge is 2.22. The molecule has 2 atom stereocenters. The van der Waals surface area contributed by atoms with Gasteiger partial charge in [0, 0.05) is 13.8 Å². The number of hydrogen-bond donors (Lipinski definition) is 0. The van der Waals surface area contributed by atoms with E-state index in [-0.39, 0.29) is 13.4 Å². The number of hydrogen-bond acceptors (Lipinski definition) is 6. The molecule has 0 bridgehead atoms. The Labute approximate surface area is 123 Å². The minimum absolute atomic E-state index is 0.219. The number of benzene rings is 1. The van der Waals surface area contributed by atoms with Crippen LogP contribution >= 0.6 is 0 Å². The summed E-state index contributed by atoms with van der Waals surface area (Å²) in [4.78, 5) is 21.8. The van der Waals surface area contributed by atoms with Crippen molar-refractivity contribution in [2.75, 3.05) is 6.79 Å². The number of carbonyl (C=O) groups excluding carboxylic acids is 2. The van der Waals surface area contributed by atoms with E-state index >= 15 is 0 Å². The topological polar surface area (TPSA) is 71.1 Å². The standard InChI is InChI=1S/C15H20O6/c1-11(19-10-20-12(2)16)15(21-13(3)17)18-9-14-7-5-4-6-8-14/h4-8,11,15H,9-10H2,1-3H3. The Bertz CT molecular complexity index is 445. The van der Waals surface area contributed by atoms with E-state index < -0.39 is 24.3 Å². The molecule has 6 nitrogen and oxygen atoms in total. The number of carbonyl (C=O) groups is 2. The van der Waals surface area contributed by atoms with Crippen LogP contribution < -0.4 is 0 Å². The van der Waals surface area contributed by atoms with Crippen LogP contribution in [0.5, 0.6) is 0 Å². The first-order valence-electron chi connectivity index (χ1n) is 6.56. The summed E-state index contributed by atoms with van der Waals surface area (Å²) in [5.41, 5.74) is 0.946. The van der Waals surface area contributed by atoms with Crippen LogP contribution in [-0.2, 0) is 35.1 Å². The van der Waals surface area contributed by atoms with Gasteiger partial charge in [-0.1, -0.05) is 30.3 Å². The summed E-state index contributed by atoms with van der Waals surface area (Å²) < 4.78 is 20.5. The van der Waals surface area contributed by atoms with Crippen molar-refractivity contribution in [1.82, 2.24) is 0 Å². The molecule has 0 saturated heterocycles. The molecule has 1 aromatic carbocycles. The summed E-state index contributed by atoms with van der Waals surface area (Å²) in [7, 11) is 0. The Hall–Kier alpha value is -1.92. The lowest BCUT2D eigenvalue weighted by Crippen LogP contribution is -2.34. The molecule has 1 aromatic rings. The second-order valence-corrected chi connectivity index (χ2v) is 4.40. The fraction of sp³-hybridized carbons (Fsp3) is 0.467. The van der Waals surface area contributed by atoms with Gasteiger partial charge in [0.15, 0.2) is 6.79 Å². The lowest BCUT2D eigenvalue weighted by Gasteiger charge is -2.23. The predicted molar refractivity (Wildman–Crippen MR) is 74.0 cm³/mol. The molecule has 21 heavy (non-hydrogen) atoms. The van der Waals surface area contributed by atoms with Crippen molar-refractivity contribution in [2.24, 2.45) is 0 Å². The van der Waals surface area contributed by atoms with Crippen LogP contribution in [0.25, 0.3) is 0 Å². The van der Waals surface area contributed by atoms with E-state index in [1.54, 1.807) is 6.92 Å². The predicted octanol–water partition coefficient (Wildman–Crippen LogP) is 2.02. The molecule has 0 amide bonds. The van der Waals surface area contributed by atoms with Crippen LogP contribution in [0.2, 0.25) is 0 Å². The first kappa shape index (κ1) is 17.1. The molecule has 6 heteroatoms. The Morgan fingerprint density at radius 1 is 1.05 bits per heavy atom. The minimum atomic E-state index is -0.877. The van der Waals surface area contributed by atoms with Gasteiger partial charge in [0.25, 0.3) is 0 Å². The minimum Gasteiger partial charge on any atom is -0.439 e. The van der Waals surface area contributed by atoms with E-state index in [0.717, 1.165) is 5.56 Å². The van der Waals surface area contributed by atoms with Gasteiger partial charge in [0.05, 0.1) is 6.61 Å². The molecule has 0 radical (unpaired) electrons. The second kappa shape index (κ2) is 9.10. The lowest BCUT2D eigenvalue weighted by molar-refractivity contribution is -0.224. The van der Waals surface area contributed by atoms with Gasteiger partial charge in [0.1, 0.15) is 6.10 Å². The highest BCUT2D eigenvalue weighted by molar-refractivity contribution is 5.66. The van der Waals surface area contributed by atoms with E-state index in [1.807, 2.05) is 30.3 Å². The van der Waals surface area contributed by atoms with Gasteiger partial charge in [-0.2, -0.15) is 0 Å². The van der Waals surface area contributed by atoms with Gasteiger partial charge < -0.3 is 18.9 Å². The van der Waals surface area contributed by atoms with Gasteiger partial charge in [-0.25, -0.2) is 0 Å². The van der Waals surface area contributed by atoms with Crippen molar-refractivity contribution in [3.63, 3.8) is 0 Å². The van der Waals surface area contributed by atoms with E-state index in [1.165, 1.54) is 13.8 Å². The molecule has 0 aliphatic carbocycles. The second-order valence-electron chi connectivity index (χ2n) is 4.40. The van der Waals surface area contributed by atoms with Gasteiger partial charge in [-0.3, -0.25) is 9.59 Å². The molecular formula is C15H20O6. The zero-order valence-corrected chi connectivity index (χ0v) is 12.4. The molecule has 0 saturated carbocycles. The maximum absolute atomic E-state index is 11.1. The number of ether oxygens (including phenoxy) is 4. The fourth-order valence-corrected chi connectivity index (χ4v) is 1.48. The Morgan fingerprint density at radius 3 is 2.29 bits per heavy atom. The van der Waals surface area contributed by atoms with Crippen molar-refractivity contribution >= 4 is 11.9 Å². The van der Waals surface area contributed by atoms with Crippen LogP contribution in [0.1, 0.15) is 26.3 Å². The monoisotopic (exact) mass is 296 g/mol. The molecule has 0 aliphatic rings. The van der Waals surface area contributed by atoms with E-state index in [2.05, 4.69) is 4.74 Å². The van der Waals surface area contributed by atoms with E-state index in [9.17, 15) is 9.59 Å². The third kappa shape index (κ3) is 7.43. The van der Waals surface area contributed by atoms with Crippen molar-refractivity contribution in [3.05, 3.63) is 35.9 Å². The van der Waals surface area contributed by atoms with E-state index in [0.29, 0.717) is 0 Å². The Morgan fingerprint density at radius 2 is 1.71 bits per heavy atom. The highest BCUT2D eigenvalue weighted by Crippen LogP contribution is 2.10. The average Bonchev–Trinajstić information content (AvgIpc) is 2.43. The first-order valence-corrected chi connectivity index (χ1v) is 6.56. The van der Waals surface area contributed by atoms with Crippen molar-refractivity contribution < 1.29 is 28.5 Å². The van der Waals surface area contributed by atoms with Gasteiger partial charge in [-0.15, -0.1) is 0 Å². The molecular weight excluding hydrogens is 276 g/mol.